The van der Waals surface area contributed by atoms with Gasteiger partial charge in [-0.1, -0.05) is 12.2 Å². The molecule has 5 heteroatoms. The zero-order chi connectivity index (χ0) is 7.28. The molecular formula is C4H9N3S2. The van der Waals surface area contributed by atoms with E-state index < -0.39 is 0 Å². The SMILES string of the molecule is CNC(=N)SC(=S)NC. The van der Waals surface area contributed by atoms with Crippen LogP contribution in [0.3, 0.4) is 0 Å². The van der Waals surface area contributed by atoms with E-state index in [4.69, 9.17) is 17.6 Å². The second kappa shape index (κ2) is 4.58. The molecule has 0 bridgehead atoms. The summed E-state index contributed by atoms with van der Waals surface area (Å²) in [6.45, 7) is 0. The first-order chi connectivity index (χ1) is 4.20. The molecule has 0 atom stereocenters. The van der Waals surface area contributed by atoms with E-state index >= 15 is 0 Å². The molecule has 9 heavy (non-hydrogen) atoms. The van der Waals surface area contributed by atoms with Crippen molar-refractivity contribution >= 4 is 33.5 Å². The van der Waals surface area contributed by atoms with Gasteiger partial charge in [0.15, 0.2) is 5.17 Å². The van der Waals surface area contributed by atoms with Crippen molar-refractivity contribution in [1.29, 1.82) is 5.41 Å². The summed E-state index contributed by atoms with van der Waals surface area (Å²) in [5.74, 6) is 0. The Kier molecular flexibility index (Phi) is 4.43. The summed E-state index contributed by atoms with van der Waals surface area (Å²) in [6.07, 6.45) is 0. The van der Waals surface area contributed by atoms with Crippen molar-refractivity contribution in [2.45, 2.75) is 0 Å². The topological polar surface area (TPSA) is 47.9 Å². The molecule has 3 N–H and O–H groups in total. The van der Waals surface area contributed by atoms with Gasteiger partial charge in [0.25, 0.3) is 0 Å². The average molecular weight is 163 g/mol. The second-order valence-corrected chi connectivity index (χ2v) is 2.91. The fraction of sp³-hybridized carbons (Fsp3) is 0.500. The number of nitrogens with one attached hydrogen (secondary N) is 3. The van der Waals surface area contributed by atoms with Crippen molar-refractivity contribution in [1.82, 2.24) is 10.6 Å². The van der Waals surface area contributed by atoms with Crippen LogP contribution in [0, 0.1) is 5.41 Å². The van der Waals surface area contributed by atoms with Gasteiger partial charge in [-0.25, -0.2) is 0 Å². The summed E-state index contributed by atoms with van der Waals surface area (Å²) in [6, 6.07) is 0. The van der Waals surface area contributed by atoms with E-state index in [9.17, 15) is 0 Å². The fourth-order valence-corrected chi connectivity index (χ4v) is 0.834. The van der Waals surface area contributed by atoms with Crippen molar-refractivity contribution in [2.75, 3.05) is 14.1 Å². The smallest absolute Gasteiger partial charge is 0.160 e. The van der Waals surface area contributed by atoms with E-state index in [1.54, 1.807) is 14.1 Å². The minimum absolute atomic E-state index is 0.356. The molecular weight excluding hydrogens is 154 g/mol. The van der Waals surface area contributed by atoms with Crippen LogP contribution >= 0.6 is 24.0 Å². The number of thioether (sulfide) groups is 1. The maximum absolute atomic E-state index is 7.10. The van der Waals surface area contributed by atoms with Gasteiger partial charge in [-0.15, -0.1) is 0 Å². The van der Waals surface area contributed by atoms with E-state index in [-0.39, 0.29) is 0 Å². The third-order valence-corrected chi connectivity index (χ3v) is 1.88. The van der Waals surface area contributed by atoms with Gasteiger partial charge in [0.1, 0.15) is 4.32 Å². The molecule has 0 amide bonds. The molecule has 0 aliphatic heterocycles. The predicted octanol–water partition coefficient (Wildman–Crippen LogP) is 0.378. The Bertz CT molecular complexity index is 109. The third kappa shape index (κ3) is 4.23. The Morgan fingerprint density at radius 3 is 2.33 bits per heavy atom. The minimum Gasteiger partial charge on any atom is -0.374 e. The number of thiocarbonyl (C=S) groups is 1. The highest BCUT2D eigenvalue weighted by Crippen LogP contribution is 1.99. The van der Waals surface area contributed by atoms with Gasteiger partial charge in [0.2, 0.25) is 0 Å². The van der Waals surface area contributed by atoms with Crippen LogP contribution < -0.4 is 10.6 Å². The monoisotopic (exact) mass is 163 g/mol. The quantitative estimate of drug-likeness (QED) is 0.274. The predicted molar refractivity (Wildman–Crippen MR) is 46.0 cm³/mol. The molecule has 0 unspecified atom stereocenters. The van der Waals surface area contributed by atoms with Crippen molar-refractivity contribution in [3.8, 4) is 0 Å². The average Bonchev–Trinajstić information content (AvgIpc) is 1.87. The summed E-state index contributed by atoms with van der Waals surface area (Å²) >= 11 is 5.96. The molecule has 0 aromatic rings. The summed E-state index contributed by atoms with van der Waals surface area (Å²) in [5.41, 5.74) is 0. The van der Waals surface area contributed by atoms with Crippen LogP contribution in [0.5, 0.6) is 0 Å². The Morgan fingerprint density at radius 1 is 1.44 bits per heavy atom. The van der Waals surface area contributed by atoms with Crippen molar-refractivity contribution < 1.29 is 0 Å². The fourth-order valence-electron chi connectivity index (χ4n) is 0.195. The summed E-state index contributed by atoms with van der Waals surface area (Å²) in [7, 11) is 3.42. The second-order valence-electron chi connectivity index (χ2n) is 1.22. The van der Waals surface area contributed by atoms with Gasteiger partial charge < -0.3 is 10.6 Å². The summed E-state index contributed by atoms with van der Waals surface area (Å²) in [5, 5.41) is 12.8. The largest absolute Gasteiger partial charge is 0.374 e. The number of rotatable bonds is 0. The summed E-state index contributed by atoms with van der Waals surface area (Å²) in [4.78, 5) is 0. The lowest BCUT2D eigenvalue weighted by atomic mass is 11.2. The first-order valence-corrected chi connectivity index (χ1v) is 3.59. The van der Waals surface area contributed by atoms with Gasteiger partial charge in [0.05, 0.1) is 0 Å². The Morgan fingerprint density at radius 2 is 2.00 bits per heavy atom. The van der Waals surface area contributed by atoms with Crippen LogP contribution in [0.1, 0.15) is 0 Å². The van der Waals surface area contributed by atoms with Crippen molar-refractivity contribution in [3.63, 3.8) is 0 Å². The third-order valence-electron chi connectivity index (χ3n) is 0.626. The molecule has 0 aromatic heterocycles. The molecule has 3 nitrogen and oxygen atoms in total. The number of hydrogen-bond donors (Lipinski definition) is 3. The first kappa shape index (κ1) is 8.71. The van der Waals surface area contributed by atoms with E-state index in [1.807, 2.05) is 0 Å². The van der Waals surface area contributed by atoms with Crippen molar-refractivity contribution in [2.24, 2.45) is 0 Å². The van der Waals surface area contributed by atoms with Crippen LogP contribution in [0.15, 0.2) is 0 Å². The summed E-state index contributed by atoms with van der Waals surface area (Å²) < 4.78 is 0.606. The lowest BCUT2D eigenvalue weighted by Gasteiger charge is -2.01. The first-order valence-electron chi connectivity index (χ1n) is 2.36. The van der Waals surface area contributed by atoms with E-state index in [1.165, 1.54) is 11.8 Å². The molecule has 0 rings (SSSR count). The van der Waals surface area contributed by atoms with E-state index in [0.717, 1.165) is 0 Å². The lowest BCUT2D eigenvalue weighted by molar-refractivity contribution is 1.18. The Balaban J connectivity index is 3.47. The van der Waals surface area contributed by atoms with Gasteiger partial charge >= 0.3 is 0 Å². The lowest BCUT2D eigenvalue weighted by Crippen LogP contribution is -2.19. The van der Waals surface area contributed by atoms with E-state index in [0.29, 0.717) is 9.49 Å². The molecule has 52 valence electrons. The molecule has 0 spiro atoms. The normalized spacial score (nSPS) is 8.22. The van der Waals surface area contributed by atoms with Crippen LogP contribution in [0.4, 0.5) is 0 Å². The molecule has 0 saturated carbocycles. The van der Waals surface area contributed by atoms with Crippen LogP contribution in [0.25, 0.3) is 0 Å². The maximum atomic E-state index is 7.10. The molecule has 0 heterocycles. The van der Waals surface area contributed by atoms with Gasteiger partial charge in [0, 0.05) is 14.1 Å². The van der Waals surface area contributed by atoms with Crippen LogP contribution in [0.2, 0.25) is 0 Å². The maximum Gasteiger partial charge on any atom is 0.160 e. The molecule has 0 aliphatic carbocycles. The van der Waals surface area contributed by atoms with Gasteiger partial charge in [-0.3, -0.25) is 5.41 Å². The number of amidine groups is 1. The highest BCUT2D eigenvalue weighted by atomic mass is 32.2. The van der Waals surface area contributed by atoms with Crippen LogP contribution in [-0.2, 0) is 0 Å². The molecule has 0 saturated heterocycles. The zero-order valence-corrected chi connectivity index (χ0v) is 6.95. The molecule has 0 radical (unpaired) electrons. The highest BCUT2D eigenvalue weighted by molar-refractivity contribution is 8.32. The van der Waals surface area contributed by atoms with E-state index in [2.05, 4.69) is 10.6 Å². The molecule has 0 aliphatic rings. The zero-order valence-electron chi connectivity index (χ0n) is 5.32. The van der Waals surface area contributed by atoms with Crippen molar-refractivity contribution in [3.05, 3.63) is 0 Å². The standard InChI is InChI=1S/C4H9N3S2/c1-6-3(5)9-4(8)7-2/h1-2H3,(H2,5,6)(H,7,8). The van der Waals surface area contributed by atoms with Gasteiger partial charge in [-0.2, -0.15) is 0 Å². The molecule has 0 fully saturated rings. The highest BCUT2D eigenvalue weighted by Gasteiger charge is 1.96. The van der Waals surface area contributed by atoms with Crippen LogP contribution in [-0.4, -0.2) is 23.6 Å². The Labute approximate surface area is 64.1 Å². The number of hydrogen-bond acceptors (Lipinski definition) is 3. The Hall–Kier alpha value is -0.290. The van der Waals surface area contributed by atoms with Gasteiger partial charge in [-0.05, 0) is 11.8 Å². The molecule has 0 aromatic carbocycles. The minimum atomic E-state index is 0.356.